The molecule has 0 saturated carbocycles. The quantitative estimate of drug-likeness (QED) is 0.753. The molecule has 0 fully saturated rings. The second-order valence-corrected chi connectivity index (χ2v) is 4.71. The van der Waals surface area contributed by atoms with Crippen molar-refractivity contribution in [2.75, 3.05) is 0 Å². The van der Waals surface area contributed by atoms with Gasteiger partial charge in [-0.25, -0.2) is 0 Å². The molecule has 1 unspecified atom stereocenters. The summed E-state index contributed by atoms with van der Waals surface area (Å²) in [6.07, 6.45) is 7.49. The summed E-state index contributed by atoms with van der Waals surface area (Å²) in [5.74, 6) is 0.402. The first kappa shape index (κ1) is 12.1. The average molecular weight is 228 g/mol. The fourth-order valence-electron chi connectivity index (χ4n) is 2.54. The van der Waals surface area contributed by atoms with Crippen molar-refractivity contribution in [1.29, 1.82) is 0 Å². The van der Waals surface area contributed by atoms with Gasteiger partial charge in [-0.1, -0.05) is 43.3 Å². The summed E-state index contributed by atoms with van der Waals surface area (Å²) in [6.45, 7) is 2.10. The third-order valence-electron chi connectivity index (χ3n) is 3.53. The molecule has 90 valence electrons. The minimum Gasteiger partial charge on any atom is -0.294 e. The Bertz CT molecular complexity index is 403. The van der Waals surface area contributed by atoms with Gasteiger partial charge in [0.1, 0.15) is 0 Å². The fourth-order valence-corrected chi connectivity index (χ4v) is 2.54. The molecule has 1 nitrogen and oxygen atoms in total. The maximum absolute atomic E-state index is 12.5. The van der Waals surface area contributed by atoms with Crippen molar-refractivity contribution in [3.8, 4) is 0 Å². The monoisotopic (exact) mass is 228 g/mol. The van der Waals surface area contributed by atoms with E-state index < -0.39 is 0 Å². The van der Waals surface area contributed by atoms with E-state index in [1.165, 1.54) is 12.8 Å². The van der Waals surface area contributed by atoms with Gasteiger partial charge in [-0.3, -0.25) is 4.79 Å². The summed E-state index contributed by atoms with van der Waals surface area (Å²) >= 11 is 0. The summed E-state index contributed by atoms with van der Waals surface area (Å²) in [5.41, 5.74) is 2.22. The minimum atomic E-state index is 0.0561. The van der Waals surface area contributed by atoms with Crippen molar-refractivity contribution in [1.82, 2.24) is 0 Å². The first-order valence-corrected chi connectivity index (χ1v) is 6.61. The van der Waals surface area contributed by atoms with E-state index in [1.807, 2.05) is 18.2 Å². The van der Waals surface area contributed by atoms with E-state index in [9.17, 15) is 4.79 Å². The Balaban J connectivity index is 2.19. The highest BCUT2D eigenvalue weighted by Crippen LogP contribution is 2.28. The summed E-state index contributed by atoms with van der Waals surface area (Å²) in [4.78, 5) is 12.5. The molecular formula is C16H20O. The van der Waals surface area contributed by atoms with E-state index >= 15 is 0 Å². The van der Waals surface area contributed by atoms with Crippen LogP contribution in [0, 0.1) is 0 Å². The lowest BCUT2D eigenvalue weighted by Crippen LogP contribution is -2.15. The summed E-state index contributed by atoms with van der Waals surface area (Å²) in [6, 6.07) is 10.2. The van der Waals surface area contributed by atoms with Crippen molar-refractivity contribution in [2.45, 2.75) is 44.9 Å². The molecule has 0 saturated heterocycles. The summed E-state index contributed by atoms with van der Waals surface area (Å²) in [7, 11) is 0. The lowest BCUT2D eigenvalue weighted by Gasteiger charge is -2.18. The van der Waals surface area contributed by atoms with Gasteiger partial charge in [0, 0.05) is 5.92 Å². The van der Waals surface area contributed by atoms with Crippen LogP contribution in [0.15, 0.2) is 42.0 Å². The number of ketones is 1. The topological polar surface area (TPSA) is 17.1 Å². The normalized spacial score (nSPS) is 17.4. The smallest absolute Gasteiger partial charge is 0.165 e. The molecule has 0 amide bonds. The molecule has 1 aliphatic rings. The standard InChI is InChI=1S/C16H20O/c1-2-15(13-9-5-3-6-10-13)16(17)14-11-7-4-8-12-14/h3,5-6,9-11,15H,2,4,7-8,12H2,1H3. The van der Waals surface area contributed by atoms with Gasteiger partial charge < -0.3 is 0 Å². The Morgan fingerprint density at radius 3 is 2.59 bits per heavy atom. The highest BCUT2D eigenvalue weighted by Gasteiger charge is 2.22. The van der Waals surface area contributed by atoms with E-state index in [0.29, 0.717) is 5.78 Å². The fraction of sp³-hybridized carbons (Fsp3) is 0.438. The summed E-state index contributed by atoms with van der Waals surface area (Å²) in [5, 5.41) is 0. The molecule has 0 radical (unpaired) electrons. The Hall–Kier alpha value is -1.37. The molecule has 1 heteroatoms. The number of allylic oxidation sites excluding steroid dienone is 2. The molecule has 1 aromatic carbocycles. The van der Waals surface area contributed by atoms with Gasteiger partial charge in [0.25, 0.3) is 0 Å². The first-order chi connectivity index (χ1) is 8.33. The second kappa shape index (κ2) is 5.81. The van der Waals surface area contributed by atoms with E-state index in [2.05, 4.69) is 25.1 Å². The molecule has 0 aliphatic heterocycles. The Labute approximate surface area is 104 Å². The highest BCUT2D eigenvalue weighted by molar-refractivity contribution is 6.00. The highest BCUT2D eigenvalue weighted by atomic mass is 16.1. The lowest BCUT2D eigenvalue weighted by atomic mass is 9.85. The van der Waals surface area contributed by atoms with Gasteiger partial charge in [0.15, 0.2) is 5.78 Å². The molecule has 0 bridgehead atoms. The van der Waals surface area contributed by atoms with Crippen LogP contribution in [0.5, 0.6) is 0 Å². The van der Waals surface area contributed by atoms with Crippen molar-refractivity contribution >= 4 is 5.78 Å². The number of benzene rings is 1. The number of carbonyl (C=O) groups is 1. The third-order valence-corrected chi connectivity index (χ3v) is 3.53. The maximum Gasteiger partial charge on any atom is 0.165 e. The largest absolute Gasteiger partial charge is 0.294 e. The zero-order valence-corrected chi connectivity index (χ0v) is 10.5. The van der Waals surface area contributed by atoms with E-state index in [-0.39, 0.29) is 5.92 Å². The molecule has 17 heavy (non-hydrogen) atoms. The molecule has 1 atom stereocenters. The Kier molecular flexibility index (Phi) is 4.13. The Morgan fingerprint density at radius 2 is 2.00 bits per heavy atom. The van der Waals surface area contributed by atoms with Crippen LogP contribution in [-0.2, 0) is 4.79 Å². The van der Waals surface area contributed by atoms with Crippen molar-refractivity contribution < 1.29 is 4.79 Å². The van der Waals surface area contributed by atoms with Crippen LogP contribution < -0.4 is 0 Å². The summed E-state index contributed by atoms with van der Waals surface area (Å²) < 4.78 is 0. The van der Waals surface area contributed by atoms with Crippen LogP contribution in [0.4, 0.5) is 0 Å². The van der Waals surface area contributed by atoms with Gasteiger partial charge in [-0.15, -0.1) is 0 Å². The predicted octanol–water partition coefficient (Wildman–Crippen LogP) is 4.25. The van der Waals surface area contributed by atoms with Crippen LogP contribution in [0.2, 0.25) is 0 Å². The molecule has 0 aromatic heterocycles. The van der Waals surface area contributed by atoms with Gasteiger partial charge in [-0.2, -0.15) is 0 Å². The number of hydrogen-bond acceptors (Lipinski definition) is 1. The molecule has 2 rings (SSSR count). The predicted molar refractivity (Wildman–Crippen MR) is 71.0 cm³/mol. The minimum absolute atomic E-state index is 0.0561. The van der Waals surface area contributed by atoms with Gasteiger partial charge in [0.05, 0.1) is 0 Å². The molecule has 0 spiro atoms. The zero-order valence-electron chi connectivity index (χ0n) is 10.5. The van der Waals surface area contributed by atoms with Crippen molar-refractivity contribution in [2.24, 2.45) is 0 Å². The molecule has 1 aromatic rings. The zero-order chi connectivity index (χ0) is 12.1. The van der Waals surface area contributed by atoms with Crippen molar-refractivity contribution in [3.63, 3.8) is 0 Å². The van der Waals surface area contributed by atoms with E-state index in [1.54, 1.807) is 0 Å². The third kappa shape index (κ3) is 2.85. The van der Waals surface area contributed by atoms with Gasteiger partial charge in [-0.05, 0) is 43.2 Å². The van der Waals surface area contributed by atoms with Crippen LogP contribution in [0.3, 0.4) is 0 Å². The van der Waals surface area contributed by atoms with Crippen LogP contribution >= 0.6 is 0 Å². The lowest BCUT2D eigenvalue weighted by molar-refractivity contribution is -0.117. The maximum atomic E-state index is 12.5. The average Bonchev–Trinajstić information content (AvgIpc) is 2.42. The first-order valence-electron chi connectivity index (χ1n) is 6.61. The number of Topliss-reactive ketones (excluding diaryl/α,β-unsaturated/α-hetero) is 1. The van der Waals surface area contributed by atoms with Crippen molar-refractivity contribution in [3.05, 3.63) is 47.5 Å². The van der Waals surface area contributed by atoms with Gasteiger partial charge in [0.2, 0.25) is 0 Å². The second-order valence-electron chi connectivity index (χ2n) is 4.71. The molecule has 1 aliphatic carbocycles. The van der Waals surface area contributed by atoms with Crippen LogP contribution in [0.25, 0.3) is 0 Å². The number of rotatable bonds is 4. The SMILES string of the molecule is CCC(C(=O)C1=CCCCC1)c1ccccc1. The molecule has 0 heterocycles. The Morgan fingerprint density at radius 1 is 1.24 bits per heavy atom. The molecular weight excluding hydrogens is 208 g/mol. The van der Waals surface area contributed by atoms with E-state index in [0.717, 1.165) is 30.4 Å². The van der Waals surface area contributed by atoms with Crippen LogP contribution in [-0.4, -0.2) is 5.78 Å². The number of hydrogen-bond donors (Lipinski definition) is 0. The van der Waals surface area contributed by atoms with Crippen LogP contribution in [0.1, 0.15) is 50.5 Å². The van der Waals surface area contributed by atoms with Gasteiger partial charge >= 0.3 is 0 Å². The van der Waals surface area contributed by atoms with E-state index in [4.69, 9.17) is 0 Å². The number of carbonyl (C=O) groups excluding carboxylic acids is 1. The molecule has 0 N–H and O–H groups in total.